The molecule has 2 aromatic heterocycles. The van der Waals surface area contributed by atoms with Crippen LogP contribution in [0.4, 0.5) is 0 Å². The number of nitrogens with zero attached hydrogens (tertiary/aromatic N) is 2. The summed E-state index contributed by atoms with van der Waals surface area (Å²) in [5.74, 6) is 0.924. The van der Waals surface area contributed by atoms with Crippen molar-refractivity contribution in [2.75, 3.05) is 26.2 Å². The number of H-pyrrole nitrogens is 1. The van der Waals surface area contributed by atoms with Crippen LogP contribution in [-0.2, 0) is 0 Å². The summed E-state index contributed by atoms with van der Waals surface area (Å²) in [6, 6.07) is 19.2. The van der Waals surface area contributed by atoms with Crippen molar-refractivity contribution in [3.05, 3.63) is 60.3 Å². The summed E-state index contributed by atoms with van der Waals surface area (Å²) in [7, 11) is 0. The maximum atomic E-state index is 6.35. The molecule has 0 bridgehead atoms. The van der Waals surface area contributed by atoms with E-state index in [4.69, 9.17) is 15.5 Å². The normalized spacial score (nSPS) is 12.6. The second kappa shape index (κ2) is 11.5. The van der Waals surface area contributed by atoms with Gasteiger partial charge in [0.15, 0.2) is 0 Å². The summed E-state index contributed by atoms with van der Waals surface area (Å²) in [5, 5.41) is 2.32. The van der Waals surface area contributed by atoms with Gasteiger partial charge in [-0.25, -0.2) is 4.98 Å². The molecule has 0 radical (unpaired) electrons. The van der Waals surface area contributed by atoms with Crippen LogP contribution < -0.4 is 10.5 Å². The summed E-state index contributed by atoms with van der Waals surface area (Å²) in [4.78, 5) is 10.7. The Morgan fingerprint density at radius 2 is 1.68 bits per heavy atom. The van der Waals surface area contributed by atoms with Crippen molar-refractivity contribution in [1.29, 1.82) is 0 Å². The van der Waals surface area contributed by atoms with Crippen LogP contribution in [-0.4, -0.2) is 41.1 Å². The van der Waals surface area contributed by atoms with E-state index < -0.39 is 0 Å². The van der Waals surface area contributed by atoms with Crippen LogP contribution in [0.5, 0.6) is 5.75 Å². The van der Waals surface area contributed by atoms with Gasteiger partial charge in [-0.05, 0) is 73.5 Å². The minimum atomic E-state index is -0.00992. The maximum absolute atomic E-state index is 6.35. The van der Waals surface area contributed by atoms with Gasteiger partial charge in [0.05, 0.1) is 12.3 Å². The molecule has 0 aliphatic carbocycles. The largest absolute Gasteiger partial charge is 0.494 e. The lowest BCUT2D eigenvalue weighted by molar-refractivity contribution is 0.249. The molecule has 0 aliphatic rings. The smallest absolute Gasteiger partial charge is 0.138 e. The molecule has 3 N–H and O–H groups in total. The molecular formula is C29H38N4O. The molecule has 4 rings (SSSR count). The van der Waals surface area contributed by atoms with E-state index in [0.717, 1.165) is 79.9 Å². The van der Waals surface area contributed by atoms with Gasteiger partial charge in [0, 0.05) is 28.9 Å². The molecule has 0 fully saturated rings. The van der Waals surface area contributed by atoms with Gasteiger partial charge < -0.3 is 20.4 Å². The minimum absolute atomic E-state index is 0.00992. The first-order chi connectivity index (χ1) is 16.6. The molecule has 5 heteroatoms. The molecule has 2 aromatic carbocycles. The third-order valence-electron chi connectivity index (χ3n) is 6.70. The van der Waals surface area contributed by atoms with E-state index in [1.807, 2.05) is 0 Å². The number of benzene rings is 2. The summed E-state index contributed by atoms with van der Waals surface area (Å²) in [6.45, 7) is 10.6. The quantitative estimate of drug-likeness (QED) is 0.232. The molecule has 1 unspecified atom stereocenters. The number of rotatable bonds is 12. The fourth-order valence-corrected chi connectivity index (χ4v) is 4.51. The van der Waals surface area contributed by atoms with Crippen molar-refractivity contribution >= 4 is 21.9 Å². The number of hydrogen-bond donors (Lipinski definition) is 2. The predicted octanol–water partition coefficient (Wildman–Crippen LogP) is 6.68. The highest BCUT2D eigenvalue weighted by atomic mass is 16.5. The lowest BCUT2D eigenvalue weighted by atomic mass is 10.0. The van der Waals surface area contributed by atoms with E-state index in [9.17, 15) is 0 Å². The molecule has 2 heterocycles. The second-order valence-electron chi connectivity index (χ2n) is 9.02. The van der Waals surface area contributed by atoms with E-state index in [2.05, 4.69) is 85.3 Å². The van der Waals surface area contributed by atoms with Gasteiger partial charge in [0.25, 0.3) is 0 Å². The number of aromatic nitrogens is 2. The molecular weight excluding hydrogens is 420 g/mol. The minimum Gasteiger partial charge on any atom is -0.494 e. The lowest BCUT2D eigenvalue weighted by Crippen LogP contribution is -2.25. The van der Waals surface area contributed by atoms with Crippen molar-refractivity contribution in [2.45, 2.75) is 52.5 Å². The number of hydrogen-bond acceptors (Lipinski definition) is 4. The second-order valence-corrected chi connectivity index (χ2v) is 9.02. The van der Waals surface area contributed by atoms with Crippen molar-refractivity contribution in [3.8, 4) is 16.9 Å². The van der Waals surface area contributed by atoms with Crippen LogP contribution in [0.3, 0.4) is 0 Å². The zero-order valence-corrected chi connectivity index (χ0v) is 20.8. The average Bonchev–Trinajstić information content (AvgIpc) is 3.25. The topological polar surface area (TPSA) is 67.2 Å². The first kappa shape index (κ1) is 24.2. The van der Waals surface area contributed by atoms with Crippen LogP contribution in [0, 0.1) is 0 Å². The van der Waals surface area contributed by atoms with Crippen molar-refractivity contribution in [2.24, 2.45) is 5.73 Å². The Bertz CT molecular complexity index is 1190. The zero-order chi connectivity index (χ0) is 23.9. The van der Waals surface area contributed by atoms with E-state index in [0.29, 0.717) is 0 Å². The lowest BCUT2D eigenvalue weighted by Gasteiger charge is -2.17. The summed E-state index contributed by atoms with van der Waals surface area (Å²) < 4.78 is 5.96. The molecule has 0 saturated carbocycles. The van der Waals surface area contributed by atoms with E-state index in [1.54, 1.807) is 0 Å². The Labute approximate surface area is 203 Å². The summed E-state index contributed by atoms with van der Waals surface area (Å²) in [6.07, 6.45) is 4.28. The highest BCUT2D eigenvalue weighted by molar-refractivity contribution is 6.07. The highest BCUT2D eigenvalue weighted by Crippen LogP contribution is 2.31. The number of fused-ring (bicyclic) bond motifs is 3. The molecule has 0 spiro atoms. The highest BCUT2D eigenvalue weighted by Gasteiger charge is 2.12. The first-order valence-electron chi connectivity index (χ1n) is 12.8. The van der Waals surface area contributed by atoms with Gasteiger partial charge in [-0.2, -0.15) is 0 Å². The molecule has 0 saturated heterocycles. The van der Waals surface area contributed by atoms with Crippen molar-refractivity contribution in [3.63, 3.8) is 0 Å². The van der Waals surface area contributed by atoms with Gasteiger partial charge in [0.2, 0.25) is 0 Å². The third-order valence-corrected chi connectivity index (χ3v) is 6.70. The Morgan fingerprint density at radius 3 is 2.41 bits per heavy atom. The van der Waals surface area contributed by atoms with E-state index in [-0.39, 0.29) is 6.04 Å². The molecule has 4 aromatic rings. The van der Waals surface area contributed by atoms with Gasteiger partial charge in [-0.3, -0.25) is 0 Å². The number of ether oxygens (including phenoxy) is 1. The van der Waals surface area contributed by atoms with E-state index >= 15 is 0 Å². The van der Waals surface area contributed by atoms with Crippen LogP contribution in [0.2, 0.25) is 0 Å². The van der Waals surface area contributed by atoms with Gasteiger partial charge in [-0.1, -0.05) is 51.8 Å². The Hall–Kier alpha value is -2.89. The average molecular weight is 459 g/mol. The zero-order valence-electron chi connectivity index (χ0n) is 20.8. The standard InChI is InChI=1S/C29H38N4O/c1-4-7-9-26(30)28-17-15-24-25-20-22(12-16-27(25)31-29(24)32-28)21-10-13-23(14-11-21)34-19-8-18-33(5-2)6-3/h10-17,20,26H,4-9,18-19,30H2,1-3H3,(H,31,32). The number of unbranched alkanes of at least 4 members (excludes halogenated alkanes) is 1. The Morgan fingerprint density at radius 1 is 0.912 bits per heavy atom. The Kier molecular flexibility index (Phi) is 8.20. The van der Waals surface area contributed by atoms with Gasteiger partial charge in [0.1, 0.15) is 11.4 Å². The third kappa shape index (κ3) is 5.60. The summed E-state index contributed by atoms with van der Waals surface area (Å²) >= 11 is 0. The first-order valence-corrected chi connectivity index (χ1v) is 12.8. The summed E-state index contributed by atoms with van der Waals surface area (Å²) in [5.41, 5.74) is 11.7. The molecule has 0 aliphatic heterocycles. The fraction of sp³-hybridized carbons (Fsp3) is 0.414. The number of nitrogens with two attached hydrogens (primary N) is 1. The molecule has 34 heavy (non-hydrogen) atoms. The molecule has 1 atom stereocenters. The fourth-order valence-electron chi connectivity index (χ4n) is 4.51. The van der Waals surface area contributed by atoms with Crippen LogP contribution in [0.15, 0.2) is 54.6 Å². The monoisotopic (exact) mass is 458 g/mol. The van der Waals surface area contributed by atoms with Crippen molar-refractivity contribution in [1.82, 2.24) is 14.9 Å². The Balaban J connectivity index is 1.47. The maximum Gasteiger partial charge on any atom is 0.138 e. The number of nitrogens with one attached hydrogen (secondary N) is 1. The molecule has 0 amide bonds. The van der Waals surface area contributed by atoms with E-state index in [1.165, 1.54) is 16.5 Å². The van der Waals surface area contributed by atoms with Crippen molar-refractivity contribution < 1.29 is 4.74 Å². The number of aromatic amines is 1. The van der Waals surface area contributed by atoms with Crippen LogP contribution in [0.1, 0.15) is 58.2 Å². The predicted molar refractivity (Wildman–Crippen MR) is 143 cm³/mol. The van der Waals surface area contributed by atoms with Crippen LogP contribution >= 0.6 is 0 Å². The van der Waals surface area contributed by atoms with Gasteiger partial charge in [-0.15, -0.1) is 0 Å². The molecule has 5 nitrogen and oxygen atoms in total. The van der Waals surface area contributed by atoms with Crippen LogP contribution in [0.25, 0.3) is 33.1 Å². The van der Waals surface area contributed by atoms with Gasteiger partial charge >= 0.3 is 0 Å². The molecule has 180 valence electrons. The number of pyridine rings is 1. The SMILES string of the molecule is CCCCC(N)c1ccc2c(n1)[nH]c1ccc(-c3ccc(OCCCN(CC)CC)cc3)cc12.